The number of rotatable bonds is 3. The Morgan fingerprint density at radius 3 is 2.42 bits per heavy atom. The van der Waals surface area contributed by atoms with Gasteiger partial charge in [0.25, 0.3) is 0 Å². The summed E-state index contributed by atoms with van der Waals surface area (Å²) >= 11 is 0.867. The third kappa shape index (κ3) is 4.17. The number of benzene rings is 2. The summed E-state index contributed by atoms with van der Waals surface area (Å²) in [6.45, 7) is 0. The molecule has 1 aromatic heterocycles. The first-order chi connectivity index (χ1) is 12.2. The van der Waals surface area contributed by atoms with Crippen LogP contribution in [0.5, 0.6) is 5.75 Å². The number of halogens is 5. The Morgan fingerprint density at radius 1 is 1.08 bits per heavy atom. The summed E-state index contributed by atoms with van der Waals surface area (Å²) in [5.74, 6) is -2.35. The largest absolute Gasteiger partial charge is 0.573 e. The molecule has 0 spiro atoms. The third-order valence-electron chi connectivity index (χ3n) is 3.02. The molecular weight excluding hydrogens is 381 g/mol. The van der Waals surface area contributed by atoms with Crippen molar-refractivity contribution in [2.24, 2.45) is 0 Å². The van der Waals surface area contributed by atoms with Crippen molar-refractivity contribution in [1.29, 1.82) is 0 Å². The van der Waals surface area contributed by atoms with Crippen LogP contribution in [-0.2, 0) is 0 Å². The number of aromatic nitrogens is 1. The molecule has 136 valence electrons. The lowest BCUT2D eigenvalue weighted by Crippen LogP contribution is -2.20. The van der Waals surface area contributed by atoms with E-state index in [0.29, 0.717) is 10.2 Å². The molecule has 0 aliphatic rings. The summed E-state index contributed by atoms with van der Waals surface area (Å²) < 4.78 is 67.8. The molecule has 0 saturated heterocycles. The first-order valence-electron chi connectivity index (χ1n) is 6.89. The van der Waals surface area contributed by atoms with Gasteiger partial charge in [0.2, 0.25) is 0 Å². The number of anilines is 2. The zero-order valence-electron chi connectivity index (χ0n) is 12.5. The summed E-state index contributed by atoms with van der Waals surface area (Å²) in [6, 6.07) is 5.60. The van der Waals surface area contributed by atoms with E-state index in [0.717, 1.165) is 41.7 Å². The molecule has 26 heavy (non-hydrogen) atoms. The highest BCUT2D eigenvalue weighted by atomic mass is 32.1. The summed E-state index contributed by atoms with van der Waals surface area (Å²) in [6.07, 6.45) is -4.83. The number of hydrogen-bond donors (Lipinski definition) is 2. The van der Waals surface area contributed by atoms with Gasteiger partial charge in [-0.1, -0.05) is 17.4 Å². The maximum Gasteiger partial charge on any atom is 0.573 e. The average Bonchev–Trinajstić information content (AvgIpc) is 2.91. The Kier molecular flexibility index (Phi) is 4.64. The number of carbonyl (C=O) groups excluding carboxylic acids is 1. The lowest BCUT2D eigenvalue weighted by Gasteiger charge is -2.07. The molecular formula is C15H8F5N3O2S. The highest BCUT2D eigenvalue weighted by Gasteiger charge is 2.31. The maximum absolute atomic E-state index is 13.5. The molecule has 2 aromatic carbocycles. The Labute approximate surface area is 146 Å². The Balaban J connectivity index is 1.75. The van der Waals surface area contributed by atoms with Crippen LogP contribution in [0, 0.1) is 11.6 Å². The topological polar surface area (TPSA) is 63.2 Å². The number of urea groups is 1. The van der Waals surface area contributed by atoms with Crippen molar-refractivity contribution in [2.45, 2.75) is 6.36 Å². The van der Waals surface area contributed by atoms with Gasteiger partial charge < -0.3 is 10.1 Å². The molecule has 0 aliphatic heterocycles. The standard InChI is InChI=1S/C15H8F5N3O2S/c16-8-2-1-3-9(17)12(8)22-13(24)23-14-21-10-5-4-7(6-11(10)26-14)25-15(18,19)20/h1-6H,(H2,21,22,23,24). The van der Waals surface area contributed by atoms with E-state index in [9.17, 15) is 26.7 Å². The monoisotopic (exact) mass is 389 g/mol. The fourth-order valence-electron chi connectivity index (χ4n) is 2.01. The lowest BCUT2D eigenvalue weighted by molar-refractivity contribution is -0.274. The molecule has 0 bridgehead atoms. The zero-order valence-corrected chi connectivity index (χ0v) is 13.3. The van der Waals surface area contributed by atoms with Crippen LogP contribution in [0.15, 0.2) is 36.4 Å². The van der Waals surface area contributed by atoms with Crippen molar-refractivity contribution in [2.75, 3.05) is 10.6 Å². The van der Waals surface area contributed by atoms with Crippen LogP contribution < -0.4 is 15.4 Å². The van der Waals surface area contributed by atoms with Gasteiger partial charge in [0.1, 0.15) is 23.1 Å². The van der Waals surface area contributed by atoms with Gasteiger partial charge in [-0.25, -0.2) is 18.6 Å². The molecule has 5 nitrogen and oxygen atoms in total. The first kappa shape index (κ1) is 17.9. The lowest BCUT2D eigenvalue weighted by atomic mass is 10.3. The minimum atomic E-state index is -4.83. The molecule has 3 rings (SSSR count). The van der Waals surface area contributed by atoms with Crippen LogP contribution in [0.3, 0.4) is 0 Å². The fourth-order valence-corrected chi connectivity index (χ4v) is 2.90. The molecule has 0 fully saturated rings. The third-order valence-corrected chi connectivity index (χ3v) is 3.95. The van der Waals surface area contributed by atoms with E-state index in [1.54, 1.807) is 0 Å². The molecule has 11 heteroatoms. The van der Waals surface area contributed by atoms with Crippen LogP contribution in [0.2, 0.25) is 0 Å². The number of amides is 2. The molecule has 2 amide bonds. The van der Waals surface area contributed by atoms with E-state index in [1.165, 1.54) is 6.07 Å². The van der Waals surface area contributed by atoms with Crippen LogP contribution >= 0.6 is 11.3 Å². The van der Waals surface area contributed by atoms with Gasteiger partial charge >= 0.3 is 12.4 Å². The number of hydrogen-bond acceptors (Lipinski definition) is 4. The van der Waals surface area contributed by atoms with Gasteiger partial charge in [-0.05, 0) is 24.3 Å². The number of thiazole rings is 1. The maximum atomic E-state index is 13.5. The van der Waals surface area contributed by atoms with Gasteiger partial charge in [-0.2, -0.15) is 0 Å². The van der Waals surface area contributed by atoms with Crippen molar-refractivity contribution in [3.63, 3.8) is 0 Å². The second-order valence-corrected chi connectivity index (χ2v) is 5.90. The summed E-state index contributed by atoms with van der Waals surface area (Å²) in [4.78, 5) is 15.9. The SMILES string of the molecule is O=C(Nc1nc2ccc(OC(F)(F)F)cc2s1)Nc1c(F)cccc1F. The molecule has 3 aromatic rings. The number of nitrogens with zero attached hydrogens (tertiary/aromatic N) is 1. The number of para-hydroxylation sites is 1. The fraction of sp³-hybridized carbons (Fsp3) is 0.0667. The minimum Gasteiger partial charge on any atom is -0.406 e. The second-order valence-electron chi connectivity index (χ2n) is 4.87. The van der Waals surface area contributed by atoms with Crippen LogP contribution in [-0.4, -0.2) is 17.4 Å². The predicted octanol–water partition coefficient (Wildman–Crippen LogP) is 5.12. The molecule has 0 aliphatic carbocycles. The number of alkyl halides is 3. The highest BCUT2D eigenvalue weighted by molar-refractivity contribution is 7.22. The van der Waals surface area contributed by atoms with Gasteiger partial charge in [0, 0.05) is 6.07 Å². The molecule has 0 saturated carbocycles. The van der Waals surface area contributed by atoms with Crippen LogP contribution in [0.1, 0.15) is 0 Å². The normalized spacial score (nSPS) is 11.4. The van der Waals surface area contributed by atoms with E-state index in [-0.39, 0.29) is 5.13 Å². The van der Waals surface area contributed by atoms with Crippen molar-refractivity contribution in [3.05, 3.63) is 48.0 Å². The van der Waals surface area contributed by atoms with Gasteiger partial charge in [0.05, 0.1) is 10.2 Å². The summed E-state index contributed by atoms with van der Waals surface area (Å²) in [5, 5.41) is 4.30. The Bertz CT molecular complexity index is 953. The van der Waals surface area contributed by atoms with Gasteiger partial charge in [-0.3, -0.25) is 5.32 Å². The van der Waals surface area contributed by atoms with Crippen molar-refractivity contribution in [3.8, 4) is 5.75 Å². The first-order valence-corrected chi connectivity index (χ1v) is 7.71. The van der Waals surface area contributed by atoms with Crippen molar-refractivity contribution in [1.82, 2.24) is 4.98 Å². The van der Waals surface area contributed by atoms with E-state index in [4.69, 9.17) is 0 Å². The van der Waals surface area contributed by atoms with Crippen LogP contribution in [0.25, 0.3) is 10.2 Å². The number of carbonyl (C=O) groups is 1. The van der Waals surface area contributed by atoms with Crippen LogP contribution in [0.4, 0.5) is 37.6 Å². The molecule has 0 unspecified atom stereocenters. The smallest absolute Gasteiger partial charge is 0.406 e. The summed E-state index contributed by atoms with van der Waals surface area (Å²) in [7, 11) is 0. The second kappa shape index (κ2) is 6.75. The summed E-state index contributed by atoms with van der Waals surface area (Å²) in [5.41, 5.74) is -0.316. The van der Waals surface area contributed by atoms with Crippen molar-refractivity contribution >= 4 is 38.4 Å². The molecule has 2 N–H and O–H groups in total. The van der Waals surface area contributed by atoms with E-state index < -0.39 is 35.5 Å². The highest BCUT2D eigenvalue weighted by Crippen LogP contribution is 2.31. The number of nitrogens with one attached hydrogen (secondary N) is 2. The minimum absolute atomic E-state index is 0.0263. The van der Waals surface area contributed by atoms with Gasteiger partial charge in [-0.15, -0.1) is 13.2 Å². The van der Waals surface area contributed by atoms with Gasteiger partial charge in [0.15, 0.2) is 5.13 Å². The Morgan fingerprint density at radius 2 is 1.77 bits per heavy atom. The number of ether oxygens (including phenoxy) is 1. The van der Waals surface area contributed by atoms with Crippen molar-refractivity contribution < 1.29 is 31.5 Å². The quantitative estimate of drug-likeness (QED) is 0.612. The average molecular weight is 389 g/mol. The van der Waals surface area contributed by atoms with E-state index >= 15 is 0 Å². The van der Waals surface area contributed by atoms with E-state index in [2.05, 4.69) is 15.0 Å². The molecule has 1 heterocycles. The zero-order chi connectivity index (χ0) is 18.9. The predicted molar refractivity (Wildman–Crippen MR) is 85.3 cm³/mol. The molecule has 0 atom stereocenters. The molecule has 0 radical (unpaired) electrons. The Hall–Kier alpha value is -2.95. The number of fused-ring (bicyclic) bond motifs is 1. The van der Waals surface area contributed by atoms with E-state index in [1.807, 2.05) is 5.32 Å².